The molecule has 0 aliphatic rings. The Hall–Kier alpha value is -3.61. The SMILES string of the molecule is COc1cc(/C=C/c2ccccn2)ccc1OC(=O)c1ccccc1C(F)(F)F. The molecule has 29 heavy (non-hydrogen) atoms. The molecule has 0 spiro atoms. The molecule has 0 saturated carbocycles. The maximum Gasteiger partial charge on any atom is 0.417 e. The number of nitrogens with zero attached hydrogens (tertiary/aromatic N) is 1. The van der Waals surface area contributed by atoms with Gasteiger partial charge in [0.15, 0.2) is 11.5 Å². The number of hydrogen-bond acceptors (Lipinski definition) is 4. The van der Waals surface area contributed by atoms with Crippen LogP contribution in [0.5, 0.6) is 11.5 Å². The molecule has 0 amide bonds. The highest BCUT2D eigenvalue weighted by molar-refractivity contribution is 5.93. The number of benzene rings is 2. The number of esters is 1. The van der Waals surface area contributed by atoms with Crippen molar-refractivity contribution >= 4 is 18.1 Å². The Morgan fingerprint density at radius 3 is 2.41 bits per heavy atom. The number of methoxy groups -OCH3 is 1. The van der Waals surface area contributed by atoms with Gasteiger partial charge in [0, 0.05) is 6.20 Å². The van der Waals surface area contributed by atoms with E-state index in [2.05, 4.69) is 4.98 Å². The van der Waals surface area contributed by atoms with Crippen molar-refractivity contribution in [3.8, 4) is 11.5 Å². The second-order valence-corrected chi connectivity index (χ2v) is 5.93. The predicted molar refractivity (Wildman–Crippen MR) is 103 cm³/mol. The number of alkyl halides is 3. The first-order valence-electron chi connectivity index (χ1n) is 8.54. The summed E-state index contributed by atoms with van der Waals surface area (Å²) in [7, 11) is 1.38. The number of hydrogen-bond donors (Lipinski definition) is 0. The summed E-state index contributed by atoms with van der Waals surface area (Å²) in [6.07, 6.45) is 0.580. The minimum Gasteiger partial charge on any atom is -0.493 e. The fourth-order valence-electron chi connectivity index (χ4n) is 2.59. The molecule has 1 heterocycles. The van der Waals surface area contributed by atoms with Crippen molar-refractivity contribution in [1.29, 1.82) is 0 Å². The van der Waals surface area contributed by atoms with E-state index in [-0.39, 0.29) is 11.5 Å². The smallest absolute Gasteiger partial charge is 0.417 e. The number of aromatic nitrogens is 1. The first kappa shape index (κ1) is 20.1. The van der Waals surface area contributed by atoms with Crippen LogP contribution in [0.1, 0.15) is 27.2 Å². The Balaban J connectivity index is 1.83. The summed E-state index contributed by atoms with van der Waals surface area (Å²) in [6, 6.07) is 14.7. The van der Waals surface area contributed by atoms with E-state index in [1.807, 2.05) is 12.1 Å². The van der Waals surface area contributed by atoms with Gasteiger partial charge in [0.25, 0.3) is 0 Å². The van der Waals surface area contributed by atoms with E-state index in [4.69, 9.17) is 9.47 Å². The summed E-state index contributed by atoms with van der Waals surface area (Å²) in [6.45, 7) is 0. The summed E-state index contributed by atoms with van der Waals surface area (Å²) in [4.78, 5) is 16.5. The first-order valence-corrected chi connectivity index (χ1v) is 8.54. The third kappa shape index (κ3) is 5.01. The highest BCUT2D eigenvalue weighted by Gasteiger charge is 2.35. The van der Waals surface area contributed by atoms with Gasteiger partial charge in [-0.05, 0) is 48.0 Å². The van der Waals surface area contributed by atoms with Crippen molar-refractivity contribution in [3.05, 3.63) is 89.2 Å². The third-order valence-electron chi connectivity index (χ3n) is 3.98. The molecule has 2 aromatic carbocycles. The molecule has 0 atom stereocenters. The van der Waals surface area contributed by atoms with Gasteiger partial charge in [-0.3, -0.25) is 4.98 Å². The van der Waals surface area contributed by atoms with Crippen LogP contribution in [0.4, 0.5) is 13.2 Å². The van der Waals surface area contributed by atoms with E-state index in [1.54, 1.807) is 36.5 Å². The summed E-state index contributed by atoms with van der Waals surface area (Å²) >= 11 is 0. The zero-order valence-corrected chi connectivity index (χ0v) is 15.3. The van der Waals surface area contributed by atoms with Gasteiger partial charge in [-0.2, -0.15) is 13.2 Å². The molecular weight excluding hydrogens is 383 g/mol. The highest BCUT2D eigenvalue weighted by Crippen LogP contribution is 2.34. The lowest BCUT2D eigenvalue weighted by Crippen LogP contribution is -2.17. The third-order valence-corrected chi connectivity index (χ3v) is 3.98. The summed E-state index contributed by atoms with van der Waals surface area (Å²) < 4.78 is 49.8. The average molecular weight is 399 g/mol. The van der Waals surface area contributed by atoms with Crippen molar-refractivity contribution < 1.29 is 27.4 Å². The molecule has 0 saturated heterocycles. The van der Waals surface area contributed by atoms with Gasteiger partial charge in [0.1, 0.15) is 0 Å². The molecule has 0 aliphatic heterocycles. The Bertz CT molecular complexity index is 1030. The molecule has 0 radical (unpaired) electrons. The molecule has 1 aromatic heterocycles. The molecule has 0 bridgehead atoms. The Morgan fingerprint density at radius 1 is 0.966 bits per heavy atom. The van der Waals surface area contributed by atoms with Crippen LogP contribution in [0.2, 0.25) is 0 Å². The molecule has 148 valence electrons. The second kappa shape index (κ2) is 8.60. The lowest BCUT2D eigenvalue weighted by atomic mass is 10.1. The summed E-state index contributed by atoms with van der Waals surface area (Å²) in [5.74, 6) is -0.886. The fourth-order valence-corrected chi connectivity index (χ4v) is 2.59. The molecule has 0 unspecified atom stereocenters. The number of halogens is 3. The second-order valence-electron chi connectivity index (χ2n) is 5.93. The Labute approximate surface area is 165 Å². The van der Waals surface area contributed by atoms with Crippen molar-refractivity contribution in [1.82, 2.24) is 4.98 Å². The zero-order valence-electron chi connectivity index (χ0n) is 15.3. The van der Waals surface area contributed by atoms with Gasteiger partial charge >= 0.3 is 12.1 Å². The van der Waals surface area contributed by atoms with Crippen LogP contribution in [0.15, 0.2) is 66.9 Å². The van der Waals surface area contributed by atoms with Crippen LogP contribution in [0.3, 0.4) is 0 Å². The van der Waals surface area contributed by atoms with Gasteiger partial charge < -0.3 is 9.47 Å². The molecule has 3 aromatic rings. The van der Waals surface area contributed by atoms with Crippen molar-refractivity contribution in [2.24, 2.45) is 0 Å². The van der Waals surface area contributed by atoms with Crippen molar-refractivity contribution in [2.45, 2.75) is 6.18 Å². The normalized spacial score (nSPS) is 11.4. The molecule has 4 nitrogen and oxygen atoms in total. The van der Waals surface area contributed by atoms with Crippen LogP contribution >= 0.6 is 0 Å². The predicted octanol–water partition coefficient (Wildman–Crippen LogP) is 5.50. The minimum absolute atomic E-state index is 0.0180. The van der Waals surface area contributed by atoms with Crippen LogP contribution in [-0.4, -0.2) is 18.1 Å². The van der Waals surface area contributed by atoms with Gasteiger partial charge in [-0.1, -0.05) is 30.3 Å². The lowest BCUT2D eigenvalue weighted by molar-refractivity contribution is -0.138. The van der Waals surface area contributed by atoms with Crippen LogP contribution in [0.25, 0.3) is 12.2 Å². The van der Waals surface area contributed by atoms with Crippen molar-refractivity contribution in [2.75, 3.05) is 7.11 Å². The minimum atomic E-state index is -4.67. The molecular formula is C22H16F3NO3. The van der Waals surface area contributed by atoms with E-state index in [0.717, 1.165) is 23.4 Å². The van der Waals surface area contributed by atoms with Crippen LogP contribution < -0.4 is 9.47 Å². The van der Waals surface area contributed by atoms with E-state index in [0.29, 0.717) is 0 Å². The van der Waals surface area contributed by atoms with E-state index >= 15 is 0 Å². The summed E-state index contributed by atoms with van der Waals surface area (Å²) in [5.41, 5.74) is -0.131. The first-order chi connectivity index (χ1) is 13.9. The van der Waals surface area contributed by atoms with E-state index in [1.165, 1.54) is 25.3 Å². The van der Waals surface area contributed by atoms with E-state index in [9.17, 15) is 18.0 Å². The van der Waals surface area contributed by atoms with Crippen LogP contribution in [-0.2, 0) is 6.18 Å². The fraction of sp³-hybridized carbons (Fsp3) is 0.0909. The monoisotopic (exact) mass is 399 g/mol. The number of rotatable bonds is 5. The molecule has 0 aliphatic carbocycles. The molecule has 7 heteroatoms. The van der Waals surface area contributed by atoms with Gasteiger partial charge in [0.05, 0.1) is 23.9 Å². The largest absolute Gasteiger partial charge is 0.493 e. The molecule has 0 fully saturated rings. The van der Waals surface area contributed by atoms with Crippen molar-refractivity contribution in [3.63, 3.8) is 0 Å². The van der Waals surface area contributed by atoms with Gasteiger partial charge in [-0.25, -0.2) is 4.79 Å². The number of pyridine rings is 1. The molecule has 3 rings (SSSR count). The maximum absolute atomic E-state index is 13.1. The topological polar surface area (TPSA) is 48.4 Å². The average Bonchev–Trinajstić information content (AvgIpc) is 2.73. The number of carbonyl (C=O) groups excluding carboxylic acids is 1. The van der Waals surface area contributed by atoms with Crippen LogP contribution in [0, 0.1) is 0 Å². The zero-order chi connectivity index (χ0) is 20.9. The standard InChI is InChI=1S/C22H16F3NO3/c1-28-20-14-15(9-11-16-6-4-5-13-26-16)10-12-19(20)29-21(27)17-7-2-3-8-18(17)22(23,24)25/h2-14H,1H3/b11-9+. The Morgan fingerprint density at radius 2 is 1.72 bits per heavy atom. The highest BCUT2D eigenvalue weighted by atomic mass is 19.4. The molecule has 0 N–H and O–H groups in total. The maximum atomic E-state index is 13.1. The summed E-state index contributed by atoms with van der Waals surface area (Å²) in [5, 5.41) is 0. The van der Waals surface area contributed by atoms with Gasteiger partial charge in [0.2, 0.25) is 0 Å². The quantitative estimate of drug-likeness (QED) is 0.420. The lowest BCUT2D eigenvalue weighted by Gasteiger charge is -2.13. The van der Waals surface area contributed by atoms with Gasteiger partial charge in [-0.15, -0.1) is 0 Å². The Kier molecular flexibility index (Phi) is 5.97. The van der Waals surface area contributed by atoms with E-state index < -0.39 is 23.3 Å². The number of ether oxygens (including phenoxy) is 2. The number of carbonyl (C=O) groups is 1.